The number of halogens is 1. The van der Waals surface area contributed by atoms with Crippen LogP contribution in [0.5, 0.6) is 0 Å². The summed E-state index contributed by atoms with van der Waals surface area (Å²) in [6.45, 7) is 18.5. The highest BCUT2D eigenvalue weighted by Crippen LogP contribution is 2.24. The third kappa shape index (κ3) is 15.8. The average molecular weight is 567 g/mol. The third-order valence-electron chi connectivity index (χ3n) is 5.23. The molecule has 0 spiro atoms. The molecule has 0 saturated carbocycles. The molecular weight excluding hydrogens is 526 g/mol. The van der Waals surface area contributed by atoms with E-state index in [0.717, 1.165) is 24.8 Å². The van der Waals surface area contributed by atoms with E-state index in [-0.39, 0.29) is 36.8 Å². The number of carbonyl (C=O) groups is 3. The van der Waals surface area contributed by atoms with Gasteiger partial charge in [0, 0.05) is 36.8 Å². The molecule has 1 aromatic heterocycles. The van der Waals surface area contributed by atoms with Crippen LogP contribution in [-0.2, 0) is 35.1 Å². The van der Waals surface area contributed by atoms with Gasteiger partial charge in [0.25, 0.3) is 0 Å². The van der Waals surface area contributed by atoms with Crippen LogP contribution in [0.3, 0.4) is 0 Å². The predicted octanol–water partition coefficient (Wildman–Crippen LogP) is 1.77. The molecule has 7 nitrogen and oxygen atoms in total. The van der Waals surface area contributed by atoms with Gasteiger partial charge in [-0.25, -0.2) is 19.0 Å². The minimum absolute atomic E-state index is 0. The molecule has 200 valence electrons. The lowest BCUT2D eigenvalue weighted by molar-refractivity contribution is -0.697. The van der Waals surface area contributed by atoms with Crippen molar-refractivity contribution in [3.05, 3.63) is 74.6 Å². The second-order valence-corrected chi connectivity index (χ2v) is 7.92. The normalized spacial score (nSPS) is 9.83. The van der Waals surface area contributed by atoms with Crippen LogP contribution in [0.25, 0.3) is 6.08 Å². The number of unbranched alkanes of at least 4 members (excludes halogenated alkanes) is 3. The van der Waals surface area contributed by atoms with E-state index in [1.807, 2.05) is 6.08 Å². The zero-order chi connectivity index (χ0) is 26.5. The Labute approximate surface area is 226 Å². The number of hydrogen-bond acceptors (Lipinski definition) is 6. The third-order valence-corrected chi connectivity index (χ3v) is 5.23. The SMILES string of the molecule is C=CC(=O)OCC(CC)(COC(=O)C=C)COC(=O)C=C.C=Cc1cc[n+](CCCCCC)cc1.[Br-]. The summed E-state index contributed by atoms with van der Waals surface area (Å²) in [5.41, 5.74) is 0.352. The van der Waals surface area contributed by atoms with Gasteiger partial charge in [-0.05, 0) is 18.4 Å². The molecule has 0 saturated heterocycles. The Hall–Kier alpha value is -3.00. The summed E-state index contributed by atoms with van der Waals surface area (Å²) in [6.07, 6.45) is 14.9. The first-order valence-corrected chi connectivity index (χ1v) is 11.8. The first-order chi connectivity index (χ1) is 16.8. The van der Waals surface area contributed by atoms with Gasteiger partial charge in [-0.15, -0.1) is 0 Å². The first-order valence-electron chi connectivity index (χ1n) is 11.8. The van der Waals surface area contributed by atoms with Crippen LogP contribution in [0.1, 0.15) is 51.5 Å². The molecule has 0 radical (unpaired) electrons. The predicted molar refractivity (Wildman–Crippen MR) is 137 cm³/mol. The number of carbonyl (C=O) groups excluding carboxylic acids is 3. The molecule has 0 aliphatic rings. The highest BCUT2D eigenvalue weighted by molar-refractivity contribution is 5.82. The Morgan fingerprint density at radius 3 is 1.58 bits per heavy atom. The van der Waals surface area contributed by atoms with E-state index in [9.17, 15) is 14.4 Å². The van der Waals surface area contributed by atoms with Crippen molar-refractivity contribution in [2.45, 2.75) is 52.5 Å². The van der Waals surface area contributed by atoms with Crippen LogP contribution >= 0.6 is 0 Å². The maximum atomic E-state index is 11.2. The van der Waals surface area contributed by atoms with Crippen LogP contribution in [0.4, 0.5) is 0 Å². The Morgan fingerprint density at radius 1 is 0.806 bits per heavy atom. The van der Waals surface area contributed by atoms with E-state index < -0.39 is 23.3 Å². The Kier molecular flexibility index (Phi) is 20.8. The Balaban J connectivity index is 0. The summed E-state index contributed by atoms with van der Waals surface area (Å²) in [4.78, 5) is 33.5. The lowest BCUT2D eigenvalue weighted by Crippen LogP contribution is -3.00. The number of aromatic nitrogens is 1. The van der Waals surface area contributed by atoms with Gasteiger partial charge in [0.2, 0.25) is 0 Å². The van der Waals surface area contributed by atoms with Crippen LogP contribution < -0.4 is 21.5 Å². The van der Waals surface area contributed by atoms with Crippen LogP contribution in [0.2, 0.25) is 0 Å². The molecule has 0 atom stereocenters. The van der Waals surface area contributed by atoms with E-state index in [1.165, 1.54) is 31.2 Å². The van der Waals surface area contributed by atoms with Crippen molar-refractivity contribution in [1.29, 1.82) is 0 Å². The number of ether oxygens (including phenoxy) is 3. The maximum Gasteiger partial charge on any atom is 0.330 e. The summed E-state index contributed by atoms with van der Waals surface area (Å²) in [7, 11) is 0. The number of pyridine rings is 1. The van der Waals surface area contributed by atoms with Gasteiger partial charge in [-0.3, -0.25) is 0 Å². The van der Waals surface area contributed by atoms with Crippen LogP contribution in [0, 0.1) is 5.41 Å². The summed E-state index contributed by atoms with van der Waals surface area (Å²) in [5, 5.41) is 0. The molecule has 0 N–H and O–H groups in total. The monoisotopic (exact) mass is 565 g/mol. The van der Waals surface area contributed by atoms with E-state index in [1.54, 1.807) is 6.92 Å². The zero-order valence-electron chi connectivity index (χ0n) is 21.6. The summed E-state index contributed by atoms with van der Waals surface area (Å²) in [6, 6.07) is 4.21. The maximum absolute atomic E-state index is 11.2. The summed E-state index contributed by atoms with van der Waals surface area (Å²) < 4.78 is 17.2. The fourth-order valence-electron chi connectivity index (χ4n) is 2.76. The second-order valence-electron chi connectivity index (χ2n) is 7.92. The van der Waals surface area contributed by atoms with E-state index in [4.69, 9.17) is 14.2 Å². The average Bonchev–Trinajstić information content (AvgIpc) is 2.90. The molecule has 1 heterocycles. The van der Waals surface area contributed by atoms with Gasteiger partial charge >= 0.3 is 17.9 Å². The standard InChI is InChI=1S/C15H20O6.C13H20N.BrH/c1-5-12(16)19-9-15(8-4,10-20-13(17)6-2)11-21-14(18)7-3;1-3-5-6-7-10-14-11-8-13(4-2)9-12-14;/h5-7H,1-3,8-11H2,4H3;4,8-9,11-12H,2-3,5-7,10H2,1H3;1H/q;+1;/p-1. The highest BCUT2D eigenvalue weighted by Gasteiger charge is 2.33. The van der Waals surface area contributed by atoms with Crippen molar-refractivity contribution in [1.82, 2.24) is 0 Å². The first kappa shape index (κ1) is 35.2. The molecule has 0 aliphatic carbocycles. The minimum atomic E-state index is -0.837. The fraction of sp³-hybridized carbons (Fsp3) is 0.429. The quantitative estimate of drug-likeness (QED) is 0.0998. The number of rotatable bonds is 16. The Morgan fingerprint density at radius 2 is 1.25 bits per heavy atom. The summed E-state index contributed by atoms with van der Waals surface area (Å²) in [5.74, 6) is -1.84. The Bertz CT molecular complexity index is 775. The fourth-order valence-corrected chi connectivity index (χ4v) is 2.76. The number of hydrogen-bond donors (Lipinski definition) is 0. The van der Waals surface area contributed by atoms with Crippen molar-refractivity contribution >= 4 is 24.0 Å². The van der Waals surface area contributed by atoms with E-state index >= 15 is 0 Å². The molecule has 1 aromatic rings. The lowest BCUT2D eigenvalue weighted by atomic mass is 9.88. The number of nitrogens with zero attached hydrogens (tertiary/aromatic N) is 1. The van der Waals surface area contributed by atoms with Gasteiger partial charge in [0.1, 0.15) is 26.4 Å². The number of esters is 3. The van der Waals surface area contributed by atoms with Gasteiger partial charge in [0.05, 0.1) is 5.41 Å². The van der Waals surface area contributed by atoms with Gasteiger partial charge in [-0.2, -0.15) is 0 Å². The molecule has 0 amide bonds. The summed E-state index contributed by atoms with van der Waals surface area (Å²) >= 11 is 0. The topological polar surface area (TPSA) is 82.8 Å². The molecule has 0 aliphatic heterocycles. The van der Waals surface area contributed by atoms with Crippen molar-refractivity contribution in [2.75, 3.05) is 19.8 Å². The molecule has 0 aromatic carbocycles. The van der Waals surface area contributed by atoms with Crippen molar-refractivity contribution in [2.24, 2.45) is 5.41 Å². The van der Waals surface area contributed by atoms with Crippen molar-refractivity contribution in [3.63, 3.8) is 0 Å². The van der Waals surface area contributed by atoms with Gasteiger partial charge < -0.3 is 31.2 Å². The van der Waals surface area contributed by atoms with E-state index in [2.05, 4.69) is 62.3 Å². The molecule has 0 unspecified atom stereocenters. The minimum Gasteiger partial charge on any atom is -1.00 e. The molecule has 0 bridgehead atoms. The molecule has 1 rings (SSSR count). The molecule has 8 heteroatoms. The largest absolute Gasteiger partial charge is 1.00 e. The molecular formula is C28H40BrNO6. The van der Waals surface area contributed by atoms with Gasteiger partial charge in [-0.1, -0.05) is 59.1 Å². The van der Waals surface area contributed by atoms with Crippen molar-refractivity contribution < 1.29 is 50.1 Å². The van der Waals surface area contributed by atoms with Gasteiger partial charge in [0.15, 0.2) is 12.4 Å². The molecule has 0 fully saturated rings. The number of aryl methyl sites for hydroxylation is 1. The van der Waals surface area contributed by atoms with Crippen LogP contribution in [0.15, 0.2) is 69.1 Å². The van der Waals surface area contributed by atoms with Crippen molar-refractivity contribution in [3.8, 4) is 0 Å². The zero-order valence-corrected chi connectivity index (χ0v) is 23.2. The highest BCUT2D eigenvalue weighted by atomic mass is 79.9. The van der Waals surface area contributed by atoms with E-state index in [0.29, 0.717) is 6.42 Å². The second kappa shape index (κ2) is 21.3. The molecule has 36 heavy (non-hydrogen) atoms. The lowest BCUT2D eigenvalue weighted by Gasteiger charge is -2.30. The van der Waals surface area contributed by atoms with Crippen LogP contribution in [-0.4, -0.2) is 37.7 Å². The smallest absolute Gasteiger partial charge is 0.330 e.